The Hall–Kier alpha value is -3.29. The average molecular weight is 479 g/mol. The van der Waals surface area contributed by atoms with Crippen LogP contribution < -0.4 is 10.1 Å². The lowest BCUT2D eigenvalue weighted by molar-refractivity contribution is -0.113. The Morgan fingerprint density at radius 2 is 1.79 bits per heavy atom. The summed E-state index contributed by atoms with van der Waals surface area (Å²) in [5, 5.41) is 12.9. The number of thioether (sulfide) groups is 1. The predicted molar refractivity (Wildman–Crippen MR) is 132 cm³/mol. The molecule has 0 unspecified atom stereocenters. The minimum Gasteiger partial charge on any atom is -0.486 e. The standard InChI is InChI=1S/C25H23ClN4O2S/c1-17-8-9-18(2)22(14-17)27-24(31)16-33-25-29-28-23(15-32-21-6-4-3-5-7-21)30(25)20-12-10-19(26)11-13-20/h3-14H,15-16H2,1-2H3,(H,27,31). The summed E-state index contributed by atoms with van der Waals surface area (Å²) in [6.45, 7) is 4.20. The minimum absolute atomic E-state index is 0.110. The molecule has 0 saturated heterocycles. The van der Waals surface area contributed by atoms with E-state index >= 15 is 0 Å². The third-order valence-corrected chi connectivity index (χ3v) is 6.08. The van der Waals surface area contributed by atoms with Gasteiger partial charge in [-0.05, 0) is 67.4 Å². The zero-order valence-electron chi connectivity index (χ0n) is 18.3. The largest absolute Gasteiger partial charge is 0.486 e. The fraction of sp³-hybridized carbons (Fsp3) is 0.160. The molecule has 6 nitrogen and oxygen atoms in total. The Morgan fingerprint density at radius 1 is 1.03 bits per heavy atom. The lowest BCUT2D eigenvalue weighted by Crippen LogP contribution is -2.15. The van der Waals surface area contributed by atoms with Crippen molar-refractivity contribution in [2.75, 3.05) is 11.1 Å². The van der Waals surface area contributed by atoms with Crippen molar-refractivity contribution in [2.45, 2.75) is 25.6 Å². The van der Waals surface area contributed by atoms with Crippen molar-refractivity contribution in [2.24, 2.45) is 0 Å². The summed E-state index contributed by atoms with van der Waals surface area (Å²) in [4.78, 5) is 12.6. The van der Waals surface area contributed by atoms with Gasteiger partial charge in [-0.25, -0.2) is 0 Å². The van der Waals surface area contributed by atoms with E-state index in [1.165, 1.54) is 11.8 Å². The maximum Gasteiger partial charge on any atom is 0.234 e. The number of aromatic nitrogens is 3. The van der Waals surface area contributed by atoms with Crippen molar-refractivity contribution in [3.63, 3.8) is 0 Å². The van der Waals surface area contributed by atoms with Crippen molar-refractivity contribution in [3.05, 3.63) is 94.8 Å². The monoisotopic (exact) mass is 478 g/mol. The molecule has 0 aliphatic rings. The number of aryl methyl sites for hydroxylation is 2. The number of rotatable bonds is 8. The Balaban J connectivity index is 1.51. The summed E-state index contributed by atoms with van der Waals surface area (Å²) in [5.41, 5.74) is 3.77. The van der Waals surface area contributed by atoms with Gasteiger partial charge in [-0.3, -0.25) is 9.36 Å². The maximum atomic E-state index is 12.6. The number of ether oxygens (including phenoxy) is 1. The van der Waals surface area contributed by atoms with Crippen LogP contribution in [0.1, 0.15) is 17.0 Å². The van der Waals surface area contributed by atoms with E-state index in [2.05, 4.69) is 15.5 Å². The van der Waals surface area contributed by atoms with Crippen LogP contribution in [0.2, 0.25) is 5.02 Å². The molecule has 0 bridgehead atoms. The highest BCUT2D eigenvalue weighted by molar-refractivity contribution is 7.99. The number of carbonyl (C=O) groups is 1. The summed E-state index contributed by atoms with van der Waals surface area (Å²) in [7, 11) is 0. The van der Waals surface area contributed by atoms with Gasteiger partial charge in [0.1, 0.15) is 12.4 Å². The molecule has 0 atom stereocenters. The van der Waals surface area contributed by atoms with Crippen LogP contribution in [0.25, 0.3) is 5.69 Å². The Bertz CT molecular complexity index is 1240. The first-order valence-electron chi connectivity index (χ1n) is 10.4. The number of anilines is 1. The number of nitrogens with one attached hydrogen (secondary N) is 1. The number of benzene rings is 3. The molecule has 1 aromatic heterocycles. The quantitative estimate of drug-likeness (QED) is 0.322. The van der Waals surface area contributed by atoms with Gasteiger partial charge < -0.3 is 10.1 Å². The Kier molecular flexibility index (Phi) is 7.32. The fourth-order valence-corrected chi connectivity index (χ4v) is 4.09. The molecular formula is C25H23ClN4O2S. The number of hydrogen-bond acceptors (Lipinski definition) is 5. The van der Waals surface area contributed by atoms with Gasteiger partial charge in [0, 0.05) is 16.4 Å². The van der Waals surface area contributed by atoms with Crippen LogP contribution in [-0.4, -0.2) is 26.4 Å². The van der Waals surface area contributed by atoms with E-state index in [-0.39, 0.29) is 18.3 Å². The lowest BCUT2D eigenvalue weighted by atomic mass is 10.1. The van der Waals surface area contributed by atoms with Gasteiger partial charge in [0.25, 0.3) is 0 Å². The van der Waals surface area contributed by atoms with E-state index in [4.69, 9.17) is 16.3 Å². The number of nitrogens with zero attached hydrogens (tertiary/aromatic N) is 3. The second-order valence-electron chi connectivity index (χ2n) is 7.47. The highest BCUT2D eigenvalue weighted by atomic mass is 35.5. The third kappa shape index (κ3) is 5.94. The first kappa shape index (κ1) is 22.9. The van der Waals surface area contributed by atoms with Crippen molar-refractivity contribution < 1.29 is 9.53 Å². The first-order chi connectivity index (χ1) is 16.0. The smallest absolute Gasteiger partial charge is 0.234 e. The van der Waals surface area contributed by atoms with Crippen molar-refractivity contribution in [1.29, 1.82) is 0 Å². The van der Waals surface area contributed by atoms with E-state index in [9.17, 15) is 4.79 Å². The maximum absolute atomic E-state index is 12.6. The number of amides is 1. The van der Waals surface area contributed by atoms with Gasteiger partial charge in [-0.15, -0.1) is 10.2 Å². The molecule has 33 heavy (non-hydrogen) atoms. The van der Waals surface area contributed by atoms with E-state index in [1.807, 2.05) is 79.1 Å². The molecule has 0 saturated carbocycles. The topological polar surface area (TPSA) is 69.0 Å². The lowest BCUT2D eigenvalue weighted by Gasteiger charge is -2.12. The molecule has 4 aromatic rings. The SMILES string of the molecule is Cc1ccc(C)c(NC(=O)CSc2nnc(COc3ccccc3)n2-c2ccc(Cl)cc2)c1. The predicted octanol–water partition coefficient (Wildman–Crippen LogP) is 5.85. The molecule has 1 N–H and O–H groups in total. The normalized spacial score (nSPS) is 10.8. The fourth-order valence-electron chi connectivity index (χ4n) is 3.19. The number of halogens is 1. The Morgan fingerprint density at radius 3 is 2.55 bits per heavy atom. The molecule has 0 aliphatic heterocycles. The number of hydrogen-bond donors (Lipinski definition) is 1. The molecule has 0 aliphatic carbocycles. The van der Waals surface area contributed by atoms with Gasteiger partial charge in [0.2, 0.25) is 5.91 Å². The van der Waals surface area contributed by atoms with E-state index in [0.717, 1.165) is 28.3 Å². The summed E-state index contributed by atoms with van der Waals surface area (Å²) in [5.74, 6) is 1.45. The van der Waals surface area contributed by atoms with E-state index in [0.29, 0.717) is 16.0 Å². The van der Waals surface area contributed by atoms with E-state index < -0.39 is 0 Å². The average Bonchev–Trinajstić information content (AvgIpc) is 3.23. The molecular weight excluding hydrogens is 456 g/mol. The molecule has 0 spiro atoms. The Labute approximate surface area is 202 Å². The van der Waals surface area contributed by atoms with Crippen LogP contribution >= 0.6 is 23.4 Å². The summed E-state index contributed by atoms with van der Waals surface area (Å²) in [6.07, 6.45) is 0. The molecule has 1 heterocycles. The molecule has 0 fully saturated rings. The minimum atomic E-state index is -0.110. The molecule has 1 amide bonds. The van der Waals surface area contributed by atoms with Crippen LogP contribution in [0.4, 0.5) is 5.69 Å². The summed E-state index contributed by atoms with van der Waals surface area (Å²) >= 11 is 7.39. The first-order valence-corrected chi connectivity index (χ1v) is 11.7. The number of para-hydroxylation sites is 1. The number of carbonyl (C=O) groups excluding carboxylic acids is 1. The van der Waals surface area contributed by atoms with E-state index in [1.54, 1.807) is 12.1 Å². The van der Waals surface area contributed by atoms with Gasteiger partial charge in [0.15, 0.2) is 11.0 Å². The second kappa shape index (κ2) is 10.6. The summed E-state index contributed by atoms with van der Waals surface area (Å²) in [6, 6.07) is 22.9. The molecule has 0 radical (unpaired) electrons. The van der Waals surface area contributed by atoms with Crippen LogP contribution in [0.3, 0.4) is 0 Å². The van der Waals surface area contributed by atoms with Crippen LogP contribution in [-0.2, 0) is 11.4 Å². The van der Waals surface area contributed by atoms with Crippen LogP contribution in [0.15, 0.2) is 78.0 Å². The molecule has 3 aromatic carbocycles. The highest BCUT2D eigenvalue weighted by Crippen LogP contribution is 2.25. The van der Waals surface area contributed by atoms with Crippen molar-refractivity contribution in [3.8, 4) is 11.4 Å². The van der Waals surface area contributed by atoms with Crippen molar-refractivity contribution >= 4 is 35.0 Å². The van der Waals surface area contributed by atoms with Gasteiger partial charge in [-0.1, -0.05) is 53.7 Å². The van der Waals surface area contributed by atoms with Crippen LogP contribution in [0.5, 0.6) is 5.75 Å². The van der Waals surface area contributed by atoms with Gasteiger partial charge in [-0.2, -0.15) is 0 Å². The molecule has 168 valence electrons. The van der Waals surface area contributed by atoms with Gasteiger partial charge in [0.05, 0.1) is 5.75 Å². The molecule has 4 rings (SSSR count). The highest BCUT2D eigenvalue weighted by Gasteiger charge is 2.17. The van der Waals surface area contributed by atoms with Crippen molar-refractivity contribution in [1.82, 2.24) is 14.8 Å². The summed E-state index contributed by atoms with van der Waals surface area (Å²) < 4.78 is 7.77. The zero-order chi connectivity index (χ0) is 23.2. The second-order valence-corrected chi connectivity index (χ2v) is 8.85. The zero-order valence-corrected chi connectivity index (χ0v) is 19.9. The van der Waals surface area contributed by atoms with Crippen LogP contribution in [0, 0.1) is 13.8 Å². The molecule has 8 heteroatoms. The third-order valence-electron chi connectivity index (χ3n) is 4.90. The van der Waals surface area contributed by atoms with Gasteiger partial charge >= 0.3 is 0 Å².